The number of anilines is 1. The van der Waals surface area contributed by atoms with Gasteiger partial charge in [0.15, 0.2) is 0 Å². The second-order valence-corrected chi connectivity index (χ2v) is 11.2. The minimum Gasteiger partial charge on any atom is -0.339 e. The topological polar surface area (TPSA) is 93.2 Å². The average Bonchev–Trinajstić information content (AvgIpc) is 2.93. The van der Waals surface area contributed by atoms with E-state index in [-0.39, 0.29) is 17.9 Å². The van der Waals surface area contributed by atoms with Crippen molar-refractivity contribution >= 4 is 23.8 Å². The fourth-order valence-electron chi connectivity index (χ4n) is 7.12. The summed E-state index contributed by atoms with van der Waals surface area (Å²) < 4.78 is 0. The first kappa shape index (κ1) is 23.5. The van der Waals surface area contributed by atoms with Crippen LogP contribution in [0.15, 0.2) is 18.5 Å². The number of carbonyl (C=O) groups is 3. The number of rotatable bonds is 2. The van der Waals surface area contributed by atoms with Crippen molar-refractivity contribution in [3.8, 4) is 0 Å². The predicted molar refractivity (Wildman–Crippen MR) is 133 cm³/mol. The van der Waals surface area contributed by atoms with Crippen LogP contribution in [0.3, 0.4) is 0 Å². The number of carbonyl (C=O) groups excluding carboxylic acids is 3. The normalized spacial score (nSPS) is 29.3. The molecule has 6 rings (SSSR count). The highest BCUT2D eigenvalue weighted by atomic mass is 16.2. The number of likely N-dealkylation sites (tertiary alicyclic amines) is 2. The van der Waals surface area contributed by atoms with Gasteiger partial charge in [-0.05, 0) is 50.0 Å². The van der Waals surface area contributed by atoms with E-state index in [1.54, 1.807) is 12.4 Å². The van der Waals surface area contributed by atoms with Crippen molar-refractivity contribution in [1.29, 1.82) is 0 Å². The molecular weight excluding hydrogens is 458 g/mol. The largest absolute Gasteiger partial charge is 0.339 e. The maximum Gasteiger partial charge on any atom is 0.320 e. The third kappa shape index (κ3) is 4.50. The van der Waals surface area contributed by atoms with Gasteiger partial charge < -0.3 is 24.5 Å². The fourth-order valence-corrected chi connectivity index (χ4v) is 7.12. The Labute approximate surface area is 212 Å². The predicted octanol–water partition coefficient (Wildman–Crippen LogP) is 1.29. The number of aromatic nitrogens is 2. The smallest absolute Gasteiger partial charge is 0.320 e. The summed E-state index contributed by atoms with van der Waals surface area (Å²) in [6, 6.07) is 2.25. The van der Waals surface area contributed by atoms with Crippen molar-refractivity contribution in [3.63, 3.8) is 0 Å². The Bertz CT molecular complexity index is 975. The van der Waals surface area contributed by atoms with E-state index in [4.69, 9.17) is 0 Å². The van der Waals surface area contributed by atoms with Gasteiger partial charge in [-0.2, -0.15) is 0 Å². The zero-order chi connectivity index (χ0) is 24.6. The molecule has 194 valence electrons. The molecule has 0 aliphatic carbocycles. The monoisotopic (exact) mass is 495 g/mol. The van der Waals surface area contributed by atoms with Gasteiger partial charge >= 0.3 is 6.03 Å². The van der Waals surface area contributed by atoms with Crippen LogP contribution in [0, 0.1) is 17.8 Å². The molecule has 3 atom stereocenters. The van der Waals surface area contributed by atoms with Crippen molar-refractivity contribution in [2.24, 2.45) is 17.8 Å². The Morgan fingerprint density at radius 1 is 0.833 bits per heavy atom. The lowest BCUT2D eigenvalue weighted by atomic mass is 9.76. The second-order valence-electron chi connectivity index (χ2n) is 11.2. The van der Waals surface area contributed by atoms with E-state index in [1.165, 1.54) is 0 Å². The molecule has 1 aromatic heterocycles. The molecule has 1 aromatic rings. The summed E-state index contributed by atoms with van der Waals surface area (Å²) in [5, 5.41) is 0. The van der Waals surface area contributed by atoms with Gasteiger partial charge in [-0.1, -0.05) is 0 Å². The maximum atomic E-state index is 13.4. The maximum absolute atomic E-state index is 13.4. The van der Waals surface area contributed by atoms with Crippen LogP contribution in [0.25, 0.3) is 0 Å². The molecule has 6 heterocycles. The Morgan fingerprint density at radius 3 is 2.33 bits per heavy atom. The molecule has 10 nitrogen and oxygen atoms in total. The molecule has 0 saturated carbocycles. The Kier molecular flexibility index (Phi) is 6.43. The third-order valence-electron chi connectivity index (χ3n) is 8.99. The van der Waals surface area contributed by atoms with E-state index in [0.29, 0.717) is 56.4 Å². The highest BCUT2D eigenvalue weighted by molar-refractivity contribution is 5.80. The number of fused-ring (bicyclic) bond motifs is 4. The summed E-state index contributed by atoms with van der Waals surface area (Å²) in [6.07, 6.45) is 8.84. The quantitative estimate of drug-likeness (QED) is 0.614. The van der Waals surface area contributed by atoms with Crippen molar-refractivity contribution in [3.05, 3.63) is 18.5 Å². The Balaban J connectivity index is 0.989. The molecule has 5 aliphatic rings. The van der Waals surface area contributed by atoms with Crippen LogP contribution >= 0.6 is 0 Å². The highest BCUT2D eigenvalue weighted by Gasteiger charge is 2.45. The highest BCUT2D eigenvalue weighted by Crippen LogP contribution is 2.38. The number of nitrogens with zero attached hydrogens (tertiary/aromatic N) is 7. The first-order valence-corrected chi connectivity index (χ1v) is 13.7. The van der Waals surface area contributed by atoms with Crippen LogP contribution in [0.1, 0.15) is 38.5 Å². The van der Waals surface area contributed by atoms with Crippen LogP contribution in [0.5, 0.6) is 0 Å². The molecule has 2 unspecified atom stereocenters. The molecule has 0 N–H and O–H groups in total. The second kappa shape index (κ2) is 9.86. The first-order chi connectivity index (χ1) is 17.6. The van der Waals surface area contributed by atoms with E-state index in [1.807, 2.05) is 20.8 Å². The lowest BCUT2D eigenvalue weighted by Crippen LogP contribution is -2.62. The van der Waals surface area contributed by atoms with Gasteiger partial charge in [0.25, 0.3) is 0 Å². The molecule has 0 spiro atoms. The minimum atomic E-state index is -0.00359. The molecule has 5 aliphatic heterocycles. The Morgan fingerprint density at radius 2 is 1.58 bits per heavy atom. The number of piperidine rings is 4. The SMILES string of the molecule is O=C(C1CCN(C(=O)N2CC3CC(C2)[C@H]2CCCC(=O)N2C3)CC1)N1CCN(c2ncccn2)CC1. The summed E-state index contributed by atoms with van der Waals surface area (Å²) in [7, 11) is 0. The number of hydrogen-bond donors (Lipinski definition) is 0. The third-order valence-corrected chi connectivity index (χ3v) is 8.99. The van der Waals surface area contributed by atoms with Crippen LogP contribution < -0.4 is 4.90 Å². The summed E-state index contributed by atoms with van der Waals surface area (Å²) in [5.74, 6) is 2.06. The van der Waals surface area contributed by atoms with E-state index >= 15 is 0 Å². The molecule has 5 saturated heterocycles. The molecule has 2 bridgehead atoms. The molecule has 0 radical (unpaired) electrons. The number of piperazine rings is 1. The van der Waals surface area contributed by atoms with Crippen LogP contribution in [-0.2, 0) is 9.59 Å². The van der Waals surface area contributed by atoms with E-state index < -0.39 is 0 Å². The van der Waals surface area contributed by atoms with Gasteiger partial charge in [0.1, 0.15) is 0 Å². The molecule has 10 heteroatoms. The van der Waals surface area contributed by atoms with Crippen molar-refractivity contribution < 1.29 is 14.4 Å². The lowest BCUT2D eigenvalue weighted by molar-refractivity contribution is -0.144. The van der Waals surface area contributed by atoms with Gasteiger partial charge in [-0.15, -0.1) is 0 Å². The summed E-state index contributed by atoms with van der Waals surface area (Å²) in [4.78, 5) is 57.9. The minimum absolute atomic E-state index is 0.00359. The summed E-state index contributed by atoms with van der Waals surface area (Å²) in [6.45, 7) is 6.48. The van der Waals surface area contributed by atoms with Crippen LogP contribution in [0.2, 0.25) is 0 Å². The Hall–Kier alpha value is -2.91. The summed E-state index contributed by atoms with van der Waals surface area (Å²) >= 11 is 0. The van der Waals surface area contributed by atoms with Gasteiger partial charge in [0.2, 0.25) is 17.8 Å². The molecule has 0 aromatic carbocycles. The van der Waals surface area contributed by atoms with Gasteiger partial charge in [-0.25, -0.2) is 14.8 Å². The lowest BCUT2D eigenvalue weighted by Gasteiger charge is -2.53. The number of hydrogen-bond acceptors (Lipinski definition) is 6. The zero-order valence-electron chi connectivity index (χ0n) is 21.0. The van der Waals surface area contributed by atoms with Gasteiger partial charge in [-0.3, -0.25) is 9.59 Å². The van der Waals surface area contributed by atoms with E-state index in [0.717, 1.165) is 70.8 Å². The molecule has 5 fully saturated rings. The number of amides is 4. The van der Waals surface area contributed by atoms with Crippen LogP contribution in [0.4, 0.5) is 10.7 Å². The van der Waals surface area contributed by atoms with Crippen molar-refractivity contribution in [1.82, 2.24) is 29.6 Å². The first-order valence-electron chi connectivity index (χ1n) is 13.7. The van der Waals surface area contributed by atoms with E-state index in [9.17, 15) is 14.4 Å². The van der Waals surface area contributed by atoms with E-state index in [2.05, 4.69) is 19.8 Å². The summed E-state index contributed by atoms with van der Waals surface area (Å²) in [5.41, 5.74) is 0. The molecule has 36 heavy (non-hydrogen) atoms. The van der Waals surface area contributed by atoms with Crippen molar-refractivity contribution in [2.45, 2.75) is 44.6 Å². The zero-order valence-corrected chi connectivity index (χ0v) is 21.0. The van der Waals surface area contributed by atoms with Gasteiger partial charge in [0, 0.05) is 89.7 Å². The number of urea groups is 1. The average molecular weight is 496 g/mol. The van der Waals surface area contributed by atoms with Gasteiger partial charge in [0.05, 0.1) is 0 Å². The molecular formula is C26H37N7O3. The fraction of sp³-hybridized carbons (Fsp3) is 0.731. The molecule has 4 amide bonds. The van der Waals surface area contributed by atoms with Crippen LogP contribution in [-0.4, -0.2) is 112 Å². The van der Waals surface area contributed by atoms with Crippen molar-refractivity contribution in [2.75, 3.05) is 63.8 Å². The standard InChI is InChI=1S/C26H37N7O3/c34-23-4-1-3-22-21-15-19(17-33(22)23)16-32(18-21)26(36)31-9-5-20(6-10-31)24(35)29-11-13-30(14-12-29)25-27-7-2-8-28-25/h2,7-8,19-22H,1,3-6,9-18H2/t19?,21?,22-/m1/s1.